The van der Waals surface area contributed by atoms with E-state index < -0.39 is 5.60 Å². The van der Waals surface area contributed by atoms with Crippen LogP contribution in [0.1, 0.15) is 58.4 Å². The first kappa shape index (κ1) is 22.6. The van der Waals surface area contributed by atoms with Crippen molar-refractivity contribution in [1.82, 2.24) is 15.3 Å². The Hall–Kier alpha value is -2.61. The standard InChI is InChI=1S/C24H33N3O5/c1-22(2,3)32-21(28)27-23-9-11-24(12-10-23,31-15-23)8-6-16-7-13-25-20-17(29-4)14-18(30-5)26-19(16)20/h7,13-14H,6,8-12,15H2,1-5H3,(H,27,28). The maximum absolute atomic E-state index is 12.3. The van der Waals surface area contributed by atoms with E-state index in [1.165, 1.54) is 0 Å². The van der Waals surface area contributed by atoms with Crippen LogP contribution in [0.25, 0.3) is 11.0 Å². The van der Waals surface area contributed by atoms with Crippen molar-refractivity contribution < 1.29 is 23.7 Å². The second-order valence-electron chi connectivity index (χ2n) is 9.91. The molecule has 174 valence electrons. The van der Waals surface area contributed by atoms with E-state index in [1.54, 1.807) is 26.5 Å². The molecule has 0 aromatic carbocycles. The Morgan fingerprint density at radius 3 is 2.50 bits per heavy atom. The first-order valence-electron chi connectivity index (χ1n) is 11.2. The molecule has 5 rings (SSSR count). The second kappa shape index (κ2) is 8.39. The fraction of sp³-hybridized carbons (Fsp3) is 0.625. The van der Waals surface area contributed by atoms with Crippen LogP contribution >= 0.6 is 0 Å². The molecule has 2 aromatic heterocycles. The third kappa shape index (κ3) is 4.60. The summed E-state index contributed by atoms with van der Waals surface area (Å²) in [6.07, 6.45) is 6.73. The monoisotopic (exact) mass is 443 g/mol. The average molecular weight is 444 g/mol. The fourth-order valence-electron chi connectivity index (χ4n) is 4.71. The molecule has 1 N–H and O–H groups in total. The Balaban J connectivity index is 1.44. The minimum atomic E-state index is -0.513. The lowest BCUT2D eigenvalue weighted by Crippen LogP contribution is -2.63. The van der Waals surface area contributed by atoms with E-state index in [1.807, 2.05) is 26.8 Å². The predicted octanol–water partition coefficient (Wildman–Crippen LogP) is 4.19. The number of hydrogen-bond acceptors (Lipinski definition) is 7. The Labute approximate surface area is 189 Å². The van der Waals surface area contributed by atoms with Gasteiger partial charge < -0.3 is 24.3 Å². The van der Waals surface area contributed by atoms with Gasteiger partial charge in [0.2, 0.25) is 5.88 Å². The SMILES string of the molecule is COc1cc(OC)c2nccc(CCC34CCC(NC(=O)OC(C)(C)C)(CC3)CO4)c2n1. The van der Waals surface area contributed by atoms with Gasteiger partial charge in [-0.1, -0.05) is 0 Å². The average Bonchev–Trinajstić information content (AvgIpc) is 2.76. The number of carbonyl (C=O) groups is 1. The molecule has 1 saturated carbocycles. The number of pyridine rings is 2. The molecule has 8 heteroatoms. The molecular formula is C24H33N3O5. The quantitative estimate of drug-likeness (QED) is 0.716. The predicted molar refractivity (Wildman–Crippen MR) is 120 cm³/mol. The lowest BCUT2D eigenvalue weighted by atomic mass is 9.69. The molecule has 0 atom stereocenters. The van der Waals surface area contributed by atoms with Gasteiger partial charge in [0.05, 0.1) is 37.5 Å². The van der Waals surface area contributed by atoms with Gasteiger partial charge in [0, 0.05) is 12.3 Å². The smallest absolute Gasteiger partial charge is 0.408 e. The fourth-order valence-corrected chi connectivity index (χ4v) is 4.71. The molecule has 0 radical (unpaired) electrons. The number of aromatic nitrogens is 2. The molecule has 1 aliphatic carbocycles. The largest absolute Gasteiger partial charge is 0.494 e. The van der Waals surface area contributed by atoms with Crippen molar-refractivity contribution in [3.05, 3.63) is 23.9 Å². The number of hydrogen-bond donors (Lipinski definition) is 1. The molecule has 0 spiro atoms. The minimum absolute atomic E-state index is 0.171. The summed E-state index contributed by atoms with van der Waals surface area (Å²) in [6.45, 7) is 6.13. The number of nitrogens with one attached hydrogen (secondary N) is 1. The molecule has 3 fully saturated rings. The molecule has 2 aromatic rings. The van der Waals surface area contributed by atoms with Crippen LogP contribution in [0.2, 0.25) is 0 Å². The van der Waals surface area contributed by atoms with E-state index in [2.05, 4.69) is 15.3 Å². The zero-order valence-electron chi connectivity index (χ0n) is 19.6. The zero-order valence-corrected chi connectivity index (χ0v) is 19.6. The highest BCUT2D eigenvalue weighted by Crippen LogP contribution is 2.46. The van der Waals surface area contributed by atoms with Crippen molar-refractivity contribution in [3.8, 4) is 11.6 Å². The van der Waals surface area contributed by atoms with E-state index >= 15 is 0 Å². The topological polar surface area (TPSA) is 91.8 Å². The van der Waals surface area contributed by atoms with E-state index in [4.69, 9.17) is 18.9 Å². The van der Waals surface area contributed by atoms with Gasteiger partial charge in [-0.15, -0.1) is 0 Å². The first-order valence-corrected chi connectivity index (χ1v) is 11.2. The zero-order chi connectivity index (χ0) is 23.0. The van der Waals surface area contributed by atoms with Crippen molar-refractivity contribution in [2.75, 3.05) is 20.8 Å². The summed E-state index contributed by atoms with van der Waals surface area (Å²) in [5.41, 5.74) is 1.62. The van der Waals surface area contributed by atoms with Gasteiger partial charge in [-0.2, -0.15) is 0 Å². The molecule has 4 heterocycles. The minimum Gasteiger partial charge on any atom is -0.494 e. The lowest BCUT2D eigenvalue weighted by Gasteiger charge is -2.53. The summed E-state index contributed by atoms with van der Waals surface area (Å²) in [5.74, 6) is 1.16. The molecule has 2 aliphatic heterocycles. The van der Waals surface area contributed by atoms with Gasteiger partial charge in [-0.05, 0) is 70.9 Å². The highest BCUT2D eigenvalue weighted by Gasteiger charge is 2.50. The number of aryl methyl sites for hydroxylation is 1. The van der Waals surface area contributed by atoms with E-state index in [9.17, 15) is 4.79 Å². The third-order valence-corrected chi connectivity index (χ3v) is 6.54. The number of fused-ring (bicyclic) bond motifs is 4. The van der Waals surface area contributed by atoms with Crippen molar-refractivity contribution in [2.24, 2.45) is 0 Å². The lowest BCUT2D eigenvalue weighted by molar-refractivity contribution is -0.163. The van der Waals surface area contributed by atoms with Gasteiger partial charge in [0.1, 0.15) is 11.1 Å². The molecule has 1 amide bonds. The van der Waals surface area contributed by atoms with Crippen molar-refractivity contribution in [3.63, 3.8) is 0 Å². The maximum Gasteiger partial charge on any atom is 0.408 e. The van der Waals surface area contributed by atoms with Gasteiger partial charge in [0.15, 0.2) is 5.75 Å². The van der Waals surface area contributed by atoms with Crippen LogP contribution in [0, 0.1) is 0 Å². The summed E-state index contributed by atoms with van der Waals surface area (Å²) < 4.78 is 22.7. The Morgan fingerprint density at radius 1 is 1.16 bits per heavy atom. The Morgan fingerprint density at radius 2 is 1.91 bits per heavy atom. The van der Waals surface area contributed by atoms with Gasteiger partial charge in [-0.3, -0.25) is 4.98 Å². The van der Waals surface area contributed by atoms with Crippen molar-refractivity contribution >= 4 is 17.1 Å². The molecule has 2 saturated heterocycles. The van der Waals surface area contributed by atoms with Crippen LogP contribution in [0.5, 0.6) is 11.6 Å². The number of rotatable bonds is 6. The van der Waals surface area contributed by atoms with Crippen LogP contribution < -0.4 is 14.8 Å². The highest BCUT2D eigenvalue weighted by atomic mass is 16.6. The molecule has 32 heavy (non-hydrogen) atoms. The summed E-state index contributed by atoms with van der Waals surface area (Å²) >= 11 is 0. The number of amides is 1. The van der Waals surface area contributed by atoms with E-state index in [-0.39, 0.29) is 17.2 Å². The molecule has 3 aliphatic rings. The van der Waals surface area contributed by atoms with Crippen molar-refractivity contribution in [2.45, 2.75) is 76.0 Å². The summed E-state index contributed by atoms with van der Waals surface area (Å²) in [5, 5.41) is 3.08. The summed E-state index contributed by atoms with van der Waals surface area (Å²) in [6, 6.07) is 3.76. The maximum atomic E-state index is 12.3. The Kier molecular flexibility index (Phi) is 5.92. The van der Waals surface area contributed by atoms with E-state index in [0.29, 0.717) is 18.2 Å². The van der Waals surface area contributed by atoms with Crippen LogP contribution in [0.3, 0.4) is 0 Å². The number of alkyl carbamates (subject to hydrolysis) is 1. The highest BCUT2D eigenvalue weighted by molar-refractivity contribution is 5.84. The third-order valence-electron chi connectivity index (χ3n) is 6.54. The molecule has 0 unspecified atom stereocenters. The number of methoxy groups -OCH3 is 2. The van der Waals surface area contributed by atoms with Crippen LogP contribution in [-0.2, 0) is 15.9 Å². The number of ether oxygens (including phenoxy) is 4. The Bertz CT molecular complexity index is 976. The van der Waals surface area contributed by atoms with Crippen molar-refractivity contribution in [1.29, 1.82) is 0 Å². The molecule has 8 nitrogen and oxygen atoms in total. The van der Waals surface area contributed by atoms with Gasteiger partial charge >= 0.3 is 6.09 Å². The number of carbonyl (C=O) groups excluding carboxylic acids is 1. The molecule has 2 bridgehead atoms. The van der Waals surface area contributed by atoms with Crippen LogP contribution in [-0.4, -0.2) is 53.6 Å². The van der Waals surface area contributed by atoms with E-state index in [0.717, 1.165) is 55.1 Å². The van der Waals surface area contributed by atoms with Gasteiger partial charge in [0.25, 0.3) is 0 Å². The summed E-state index contributed by atoms with van der Waals surface area (Å²) in [4.78, 5) is 21.4. The normalized spacial score (nSPS) is 24.9. The summed E-state index contributed by atoms with van der Waals surface area (Å²) in [7, 11) is 3.22. The second-order valence-corrected chi connectivity index (χ2v) is 9.91. The number of nitrogens with zero attached hydrogens (tertiary/aromatic N) is 2. The van der Waals surface area contributed by atoms with Gasteiger partial charge in [-0.25, -0.2) is 9.78 Å². The molecular weight excluding hydrogens is 410 g/mol. The first-order chi connectivity index (χ1) is 15.2. The van der Waals surface area contributed by atoms with Crippen LogP contribution in [0.15, 0.2) is 18.3 Å². The van der Waals surface area contributed by atoms with Crippen LogP contribution in [0.4, 0.5) is 4.79 Å².